The molecule has 1 N–H and O–H groups in total. The topological polar surface area (TPSA) is 71.1 Å². The van der Waals surface area contributed by atoms with Gasteiger partial charge in [-0.25, -0.2) is 0 Å². The number of thioether (sulfide) groups is 1. The molecule has 0 aliphatic carbocycles. The zero-order chi connectivity index (χ0) is 21.6. The van der Waals surface area contributed by atoms with Gasteiger partial charge in [0.15, 0.2) is 5.76 Å². The summed E-state index contributed by atoms with van der Waals surface area (Å²) in [6.45, 7) is 3.32. The molecule has 2 aliphatic rings. The van der Waals surface area contributed by atoms with Crippen molar-refractivity contribution >= 4 is 35.0 Å². The largest absolute Gasteiger partial charge is 0.497 e. The summed E-state index contributed by atoms with van der Waals surface area (Å²) in [5, 5.41) is 4.53. The fourth-order valence-electron chi connectivity index (χ4n) is 3.55. The molecular formula is C23H25N3O4S. The van der Waals surface area contributed by atoms with Crippen LogP contribution in [0, 0.1) is 0 Å². The second kappa shape index (κ2) is 9.78. The number of benzene rings is 2. The summed E-state index contributed by atoms with van der Waals surface area (Å²) < 4.78 is 10.6. The lowest BCUT2D eigenvalue weighted by Gasteiger charge is -2.36. The first-order chi connectivity index (χ1) is 15.1. The SMILES string of the molecule is COc1ccc(N2CCN(C(=O)c3cccc(NC(=O)C4=CSCCO4)c3)CC2)cc1. The number of hydrogen-bond acceptors (Lipinski definition) is 6. The molecule has 4 rings (SSSR count). The van der Waals surface area contributed by atoms with Gasteiger partial charge in [-0.2, -0.15) is 0 Å². The molecule has 2 aromatic rings. The van der Waals surface area contributed by atoms with E-state index in [1.165, 1.54) is 0 Å². The van der Waals surface area contributed by atoms with Crippen molar-refractivity contribution in [3.05, 3.63) is 65.3 Å². The first-order valence-electron chi connectivity index (χ1n) is 10.2. The highest BCUT2D eigenvalue weighted by Crippen LogP contribution is 2.22. The highest BCUT2D eigenvalue weighted by Gasteiger charge is 2.23. The predicted molar refractivity (Wildman–Crippen MR) is 123 cm³/mol. The minimum atomic E-state index is -0.301. The van der Waals surface area contributed by atoms with E-state index in [1.54, 1.807) is 48.5 Å². The predicted octanol–water partition coefficient (Wildman–Crippen LogP) is 3.20. The summed E-state index contributed by atoms with van der Waals surface area (Å²) in [6.07, 6.45) is 0. The van der Waals surface area contributed by atoms with Crippen LogP contribution in [-0.2, 0) is 9.53 Å². The molecule has 1 fully saturated rings. The van der Waals surface area contributed by atoms with Gasteiger partial charge in [0.1, 0.15) is 5.75 Å². The van der Waals surface area contributed by atoms with E-state index in [2.05, 4.69) is 10.2 Å². The highest BCUT2D eigenvalue weighted by molar-refractivity contribution is 8.02. The Balaban J connectivity index is 1.36. The van der Waals surface area contributed by atoms with Crippen molar-refractivity contribution in [1.82, 2.24) is 4.90 Å². The Bertz CT molecular complexity index is 969. The van der Waals surface area contributed by atoms with E-state index < -0.39 is 0 Å². The van der Waals surface area contributed by atoms with Crippen LogP contribution < -0.4 is 15.0 Å². The number of rotatable bonds is 5. The van der Waals surface area contributed by atoms with Crippen molar-refractivity contribution in [2.24, 2.45) is 0 Å². The Labute approximate surface area is 186 Å². The summed E-state index contributed by atoms with van der Waals surface area (Å²) in [5.74, 6) is 1.64. The smallest absolute Gasteiger partial charge is 0.291 e. The number of amides is 2. The molecule has 2 amide bonds. The average molecular weight is 440 g/mol. The van der Waals surface area contributed by atoms with E-state index in [0.717, 1.165) is 30.3 Å². The molecular weight excluding hydrogens is 414 g/mol. The van der Waals surface area contributed by atoms with Crippen LogP contribution in [0.4, 0.5) is 11.4 Å². The molecule has 31 heavy (non-hydrogen) atoms. The van der Waals surface area contributed by atoms with Crippen molar-refractivity contribution in [2.75, 3.05) is 55.9 Å². The molecule has 162 valence electrons. The van der Waals surface area contributed by atoms with Crippen molar-refractivity contribution in [2.45, 2.75) is 0 Å². The number of hydrogen-bond donors (Lipinski definition) is 1. The number of carbonyl (C=O) groups excluding carboxylic acids is 2. The van der Waals surface area contributed by atoms with E-state index in [4.69, 9.17) is 9.47 Å². The maximum absolute atomic E-state index is 13.0. The van der Waals surface area contributed by atoms with Gasteiger partial charge in [-0.15, -0.1) is 11.8 Å². The third-order valence-corrected chi connectivity index (χ3v) is 6.03. The molecule has 0 aromatic heterocycles. The third-order valence-electron chi connectivity index (χ3n) is 5.24. The Kier molecular flexibility index (Phi) is 6.66. The Hall–Kier alpha value is -3.13. The van der Waals surface area contributed by atoms with Gasteiger partial charge in [0.05, 0.1) is 13.7 Å². The zero-order valence-corrected chi connectivity index (χ0v) is 18.2. The molecule has 0 radical (unpaired) electrons. The van der Waals surface area contributed by atoms with Crippen molar-refractivity contribution in [3.63, 3.8) is 0 Å². The summed E-state index contributed by atoms with van der Waals surface area (Å²) >= 11 is 1.55. The molecule has 0 atom stereocenters. The third kappa shape index (κ3) is 5.14. The molecule has 0 bridgehead atoms. The van der Waals surface area contributed by atoms with E-state index in [9.17, 15) is 9.59 Å². The lowest BCUT2D eigenvalue weighted by molar-refractivity contribution is -0.116. The summed E-state index contributed by atoms with van der Waals surface area (Å²) in [5.41, 5.74) is 2.26. The number of ether oxygens (including phenoxy) is 2. The normalized spacial score (nSPS) is 16.2. The van der Waals surface area contributed by atoms with Crippen LogP contribution in [0.1, 0.15) is 10.4 Å². The van der Waals surface area contributed by atoms with Crippen LogP contribution in [0.2, 0.25) is 0 Å². The van der Waals surface area contributed by atoms with Crippen molar-refractivity contribution < 1.29 is 19.1 Å². The first kappa shape index (κ1) is 21.1. The first-order valence-corrected chi connectivity index (χ1v) is 11.2. The quantitative estimate of drug-likeness (QED) is 0.772. The molecule has 8 heteroatoms. The standard InChI is InChI=1S/C23H25N3O4S/c1-29-20-7-5-19(6-8-20)25-9-11-26(12-10-25)23(28)17-3-2-4-18(15-17)24-22(27)21-16-31-14-13-30-21/h2-8,15-16H,9-14H2,1H3,(H,24,27). The molecule has 0 unspecified atom stereocenters. The van der Waals surface area contributed by atoms with Gasteiger partial charge < -0.3 is 24.6 Å². The van der Waals surface area contributed by atoms with Crippen molar-refractivity contribution in [3.8, 4) is 5.75 Å². The van der Waals surface area contributed by atoms with Crippen molar-refractivity contribution in [1.29, 1.82) is 0 Å². The Morgan fingerprint density at radius 1 is 1.06 bits per heavy atom. The van der Waals surface area contributed by atoms with E-state index >= 15 is 0 Å². The van der Waals surface area contributed by atoms with Crippen LogP contribution >= 0.6 is 11.8 Å². The minimum Gasteiger partial charge on any atom is -0.497 e. The molecule has 0 saturated carbocycles. The number of nitrogens with one attached hydrogen (secondary N) is 1. The number of carbonyl (C=O) groups is 2. The number of methoxy groups -OCH3 is 1. The Morgan fingerprint density at radius 2 is 1.84 bits per heavy atom. The van der Waals surface area contributed by atoms with Gasteiger partial charge in [-0.05, 0) is 42.5 Å². The molecule has 1 saturated heterocycles. The molecule has 2 aliphatic heterocycles. The monoisotopic (exact) mass is 439 g/mol. The molecule has 7 nitrogen and oxygen atoms in total. The van der Waals surface area contributed by atoms with Crippen LogP contribution in [0.5, 0.6) is 5.75 Å². The van der Waals surface area contributed by atoms with Gasteiger partial charge in [0.25, 0.3) is 11.8 Å². The highest BCUT2D eigenvalue weighted by atomic mass is 32.2. The van der Waals surface area contributed by atoms with Crippen LogP contribution in [0.25, 0.3) is 0 Å². The van der Waals surface area contributed by atoms with Gasteiger partial charge in [0.2, 0.25) is 0 Å². The fourth-order valence-corrected chi connectivity index (χ4v) is 4.18. The maximum Gasteiger partial charge on any atom is 0.291 e. The molecule has 2 aromatic carbocycles. The fraction of sp³-hybridized carbons (Fsp3) is 0.304. The maximum atomic E-state index is 13.0. The summed E-state index contributed by atoms with van der Waals surface area (Å²) in [6, 6.07) is 15.0. The van der Waals surface area contributed by atoms with E-state index in [0.29, 0.717) is 36.7 Å². The van der Waals surface area contributed by atoms with Gasteiger partial charge >= 0.3 is 0 Å². The molecule has 0 spiro atoms. The number of anilines is 2. The summed E-state index contributed by atoms with van der Waals surface area (Å²) in [4.78, 5) is 29.5. The number of piperazine rings is 1. The Morgan fingerprint density at radius 3 is 2.52 bits per heavy atom. The summed E-state index contributed by atoms with van der Waals surface area (Å²) in [7, 11) is 1.65. The van der Waals surface area contributed by atoms with Crippen LogP contribution in [-0.4, -0.2) is 62.4 Å². The lowest BCUT2D eigenvalue weighted by Crippen LogP contribution is -2.48. The zero-order valence-electron chi connectivity index (χ0n) is 17.4. The van der Waals surface area contributed by atoms with Gasteiger partial charge in [0, 0.05) is 54.3 Å². The second-order valence-corrected chi connectivity index (χ2v) is 8.19. The minimum absolute atomic E-state index is 0.0332. The average Bonchev–Trinajstić information content (AvgIpc) is 2.84. The van der Waals surface area contributed by atoms with Crippen LogP contribution in [0.15, 0.2) is 59.7 Å². The lowest BCUT2D eigenvalue weighted by atomic mass is 10.1. The molecule has 2 heterocycles. The number of nitrogens with zero attached hydrogens (tertiary/aromatic N) is 2. The van der Waals surface area contributed by atoms with Gasteiger partial charge in [-0.3, -0.25) is 9.59 Å². The van der Waals surface area contributed by atoms with E-state index in [-0.39, 0.29) is 11.8 Å². The van der Waals surface area contributed by atoms with E-state index in [1.807, 2.05) is 29.2 Å². The van der Waals surface area contributed by atoms with Crippen LogP contribution in [0.3, 0.4) is 0 Å². The van der Waals surface area contributed by atoms with Gasteiger partial charge in [-0.1, -0.05) is 6.07 Å². The second-order valence-electron chi connectivity index (χ2n) is 7.21.